The number of hydrogen-bond acceptors (Lipinski definition) is 3. The Hall–Kier alpha value is -1.43. The number of hydrogen-bond donors (Lipinski definition) is 0. The van der Waals surface area contributed by atoms with Gasteiger partial charge in [-0.3, -0.25) is 4.79 Å². The standard InChI is InChI=1S/C11H11BrFNO3/c1-14(2)10(15)6-17-11(16)8-5-7(13)3-4-9(8)12/h3-5H,6H2,1-2H3. The summed E-state index contributed by atoms with van der Waals surface area (Å²) in [5, 5.41) is 0. The van der Waals surface area contributed by atoms with Crippen LogP contribution in [0.5, 0.6) is 0 Å². The molecule has 0 aliphatic carbocycles. The fourth-order valence-electron chi connectivity index (χ4n) is 0.988. The van der Waals surface area contributed by atoms with Gasteiger partial charge in [-0.25, -0.2) is 9.18 Å². The molecule has 1 aromatic carbocycles. The summed E-state index contributed by atoms with van der Waals surface area (Å²) in [6, 6.07) is 3.66. The Labute approximate surface area is 106 Å². The summed E-state index contributed by atoms with van der Waals surface area (Å²) in [4.78, 5) is 24.0. The van der Waals surface area contributed by atoms with Crippen molar-refractivity contribution in [1.82, 2.24) is 4.90 Å². The van der Waals surface area contributed by atoms with Crippen LogP contribution in [0.2, 0.25) is 0 Å². The fraction of sp³-hybridized carbons (Fsp3) is 0.273. The van der Waals surface area contributed by atoms with E-state index in [9.17, 15) is 14.0 Å². The summed E-state index contributed by atoms with van der Waals surface area (Å²) in [6.45, 7) is -0.366. The first-order chi connectivity index (χ1) is 7.91. The minimum atomic E-state index is -0.744. The molecule has 0 aromatic heterocycles. The maximum Gasteiger partial charge on any atom is 0.339 e. The Bertz CT molecular complexity index is 448. The number of halogens is 2. The van der Waals surface area contributed by atoms with Gasteiger partial charge in [-0.1, -0.05) is 0 Å². The van der Waals surface area contributed by atoms with Crippen molar-refractivity contribution < 1.29 is 18.7 Å². The van der Waals surface area contributed by atoms with Gasteiger partial charge in [0, 0.05) is 18.6 Å². The highest BCUT2D eigenvalue weighted by molar-refractivity contribution is 9.10. The minimum Gasteiger partial charge on any atom is -0.452 e. The molecule has 0 heterocycles. The van der Waals surface area contributed by atoms with Gasteiger partial charge in [0.25, 0.3) is 5.91 Å². The molecule has 92 valence electrons. The maximum atomic E-state index is 12.9. The van der Waals surface area contributed by atoms with Gasteiger partial charge >= 0.3 is 5.97 Å². The van der Waals surface area contributed by atoms with Crippen molar-refractivity contribution in [2.24, 2.45) is 0 Å². The Morgan fingerprint density at radius 2 is 2.06 bits per heavy atom. The fourth-order valence-corrected chi connectivity index (χ4v) is 1.40. The molecule has 0 aliphatic heterocycles. The van der Waals surface area contributed by atoms with Gasteiger partial charge in [0.05, 0.1) is 5.56 Å². The summed E-state index contributed by atoms with van der Waals surface area (Å²) < 4.78 is 18.1. The predicted molar refractivity (Wildman–Crippen MR) is 63.1 cm³/mol. The summed E-state index contributed by atoms with van der Waals surface area (Å²) in [5.41, 5.74) is 0.0524. The zero-order valence-electron chi connectivity index (χ0n) is 9.37. The summed E-state index contributed by atoms with van der Waals surface area (Å²) in [7, 11) is 3.10. The first kappa shape index (κ1) is 13.6. The average Bonchev–Trinajstić information content (AvgIpc) is 2.28. The molecule has 0 atom stereocenters. The Morgan fingerprint density at radius 1 is 1.41 bits per heavy atom. The van der Waals surface area contributed by atoms with E-state index in [1.54, 1.807) is 14.1 Å². The number of likely N-dealkylation sites (N-methyl/N-ethyl adjacent to an activating group) is 1. The molecule has 0 bridgehead atoms. The molecule has 6 heteroatoms. The van der Waals surface area contributed by atoms with Gasteiger partial charge in [0.2, 0.25) is 0 Å². The average molecular weight is 304 g/mol. The number of amides is 1. The van der Waals surface area contributed by atoms with Crippen molar-refractivity contribution >= 4 is 27.8 Å². The van der Waals surface area contributed by atoms with E-state index in [0.29, 0.717) is 4.47 Å². The lowest BCUT2D eigenvalue weighted by atomic mass is 10.2. The second kappa shape index (κ2) is 5.77. The third kappa shape index (κ3) is 3.81. The summed E-state index contributed by atoms with van der Waals surface area (Å²) >= 11 is 3.10. The molecule has 4 nitrogen and oxygen atoms in total. The predicted octanol–water partition coefficient (Wildman–Crippen LogP) is 1.83. The van der Waals surface area contributed by atoms with Gasteiger partial charge in [-0.05, 0) is 34.1 Å². The molecule has 0 saturated heterocycles. The van der Waals surface area contributed by atoms with Crippen LogP contribution in [0.15, 0.2) is 22.7 Å². The van der Waals surface area contributed by atoms with Crippen molar-refractivity contribution in [3.05, 3.63) is 34.1 Å². The zero-order chi connectivity index (χ0) is 13.0. The Morgan fingerprint density at radius 3 is 2.65 bits per heavy atom. The molecule has 0 saturated carbocycles. The number of esters is 1. The highest BCUT2D eigenvalue weighted by Crippen LogP contribution is 2.18. The van der Waals surface area contributed by atoms with E-state index in [1.165, 1.54) is 17.0 Å². The molecule has 1 amide bonds. The second-order valence-electron chi connectivity index (χ2n) is 3.49. The van der Waals surface area contributed by atoms with E-state index in [2.05, 4.69) is 15.9 Å². The van der Waals surface area contributed by atoms with Crippen LogP contribution in [0.25, 0.3) is 0 Å². The topological polar surface area (TPSA) is 46.6 Å². The number of nitrogens with zero attached hydrogens (tertiary/aromatic N) is 1. The number of carbonyl (C=O) groups is 2. The van der Waals surface area contributed by atoms with Crippen molar-refractivity contribution in [3.63, 3.8) is 0 Å². The van der Waals surface area contributed by atoms with Crippen LogP contribution in [-0.4, -0.2) is 37.5 Å². The monoisotopic (exact) mass is 303 g/mol. The number of rotatable bonds is 3. The Kier molecular flexibility index (Phi) is 4.62. The third-order valence-corrected chi connectivity index (χ3v) is 2.67. The van der Waals surface area contributed by atoms with Crippen molar-refractivity contribution in [1.29, 1.82) is 0 Å². The molecule has 17 heavy (non-hydrogen) atoms. The third-order valence-electron chi connectivity index (χ3n) is 1.97. The highest BCUT2D eigenvalue weighted by atomic mass is 79.9. The molecular formula is C11H11BrFNO3. The minimum absolute atomic E-state index is 0.0524. The SMILES string of the molecule is CN(C)C(=O)COC(=O)c1cc(F)ccc1Br. The molecule has 0 N–H and O–H groups in total. The van der Waals surface area contributed by atoms with Gasteiger partial charge in [-0.15, -0.1) is 0 Å². The lowest BCUT2D eigenvalue weighted by molar-refractivity contribution is -0.131. The van der Waals surface area contributed by atoms with Gasteiger partial charge < -0.3 is 9.64 Å². The van der Waals surface area contributed by atoms with E-state index in [0.717, 1.165) is 6.07 Å². The van der Waals surface area contributed by atoms with Crippen LogP contribution < -0.4 is 0 Å². The van der Waals surface area contributed by atoms with E-state index in [4.69, 9.17) is 4.74 Å². The lowest BCUT2D eigenvalue weighted by Crippen LogP contribution is -2.27. The first-order valence-corrected chi connectivity index (χ1v) is 5.53. The molecule has 0 radical (unpaired) electrons. The summed E-state index contributed by atoms with van der Waals surface area (Å²) in [6.07, 6.45) is 0. The number of carbonyl (C=O) groups excluding carboxylic acids is 2. The smallest absolute Gasteiger partial charge is 0.339 e. The van der Waals surface area contributed by atoms with Gasteiger partial charge in [0.15, 0.2) is 6.61 Å². The molecule has 1 rings (SSSR count). The van der Waals surface area contributed by atoms with Crippen LogP contribution in [0.4, 0.5) is 4.39 Å². The second-order valence-corrected chi connectivity index (χ2v) is 4.34. The molecule has 0 unspecified atom stereocenters. The van der Waals surface area contributed by atoms with Crippen LogP contribution in [0.1, 0.15) is 10.4 Å². The number of ether oxygens (including phenoxy) is 1. The summed E-state index contributed by atoms with van der Waals surface area (Å²) in [5.74, 6) is -1.63. The quantitative estimate of drug-likeness (QED) is 0.801. The maximum absolute atomic E-state index is 12.9. The van der Waals surface area contributed by atoms with Crippen molar-refractivity contribution in [2.45, 2.75) is 0 Å². The van der Waals surface area contributed by atoms with Crippen LogP contribution >= 0.6 is 15.9 Å². The molecular weight excluding hydrogens is 293 g/mol. The van der Waals surface area contributed by atoms with E-state index in [-0.39, 0.29) is 18.1 Å². The van der Waals surface area contributed by atoms with Gasteiger partial charge in [0.1, 0.15) is 5.82 Å². The molecule has 1 aromatic rings. The van der Waals surface area contributed by atoms with Crippen molar-refractivity contribution in [2.75, 3.05) is 20.7 Å². The molecule has 0 fully saturated rings. The largest absolute Gasteiger partial charge is 0.452 e. The molecule has 0 spiro atoms. The lowest BCUT2D eigenvalue weighted by Gasteiger charge is -2.10. The van der Waals surface area contributed by atoms with Gasteiger partial charge in [-0.2, -0.15) is 0 Å². The molecule has 0 aliphatic rings. The van der Waals surface area contributed by atoms with E-state index < -0.39 is 11.8 Å². The normalized spacial score (nSPS) is 9.88. The zero-order valence-corrected chi connectivity index (χ0v) is 11.0. The van der Waals surface area contributed by atoms with Crippen LogP contribution in [-0.2, 0) is 9.53 Å². The Balaban J connectivity index is 2.70. The van der Waals surface area contributed by atoms with E-state index >= 15 is 0 Å². The van der Waals surface area contributed by atoms with Crippen molar-refractivity contribution in [3.8, 4) is 0 Å². The first-order valence-electron chi connectivity index (χ1n) is 4.74. The van der Waals surface area contributed by atoms with Crippen LogP contribution in [0.3, 0.4) is 0 Å². The van der Waals surface area contributed by atoms with Crippen LogP contribution in [0, 0.1) is 5.82 Å². The van der Waals surface area contributed by atoms with E-state index in [1.807, 2.05) is 0 Å². The number of benzene rings is 1. The highest BCUT2D eigenvalue weighted by Gasteiger charge is 2.14.